The second kappa shape index (κ2) is 8.02. The predicted octanol–water partition coefficient (Wildman–Crippen LogP) is 3.88. The van der Waals surface area contributed by atoms with Crippen molar-refractivity contribution in [1.82, 2.24) is 9.55 Å². The van der Waals surface area contributed by atoms with Gasteiger partial charge in [-0.3, -0.25) is 9.78 Å². The van der Waals surface area contributed by atoms with Gasteiger partial charge in [0.1, 0.15) is 18.1 Å². The van der Waals surface area contributed by atoms with Crippen LogP contribution in [0.2, 0.25) is 0 Å². The molecule has 0 amide bonds. The molecule has 0 radical (unpaired) electrons. The lowest BCUT2D eigenvalue weighted by molar-refractivity contribution is 0.174. The van der Waals surface area contributed by atoms with E-state index >= 15 is 0 Å². The van der Waals surface area contributed by atoms with E-state index in [0.717, 1.165) is 33.5 Å². The second-order valence-electron chi connectivity index (χ2n) is 7.06. The molecule has 7 nitrogen and oxygen atoms in total. The van der Waals surface area contributed by atoms with Crippen LogP contribution in [0.5, 0.6) is 23.0 Å². The maximum absolute atomic E-state index is 12.4. The van der Waals surface area contributed by atoms with E-state index in [9.17, 15) is 4.79 Å². The molecule has 0 N–H and O–H groups in total. The van der Waals surface area contributed by atoms with Crippen LogP contribution in [0.15, 0.2) is 71.8 Å². The third kappa shape index (κ3) is 3.77. The number of ether oxygens (including phenoxy) is 4. The van der Waals surface area contributed by atoms with Crippen molar-refractivity contribution in [2.75, 3.05) is 20.5 Å². The van der Waals surface area contributed by atoms with Crippen molar-refractivity contribution in [3.05, 3.63) is 77.3 Å². The molecule has 0 unspecified atom stereocenters. The highest BCUT2D eigenvalue weighted by Gasteiger charge is 2.14. The quantitative estimate of drug-likeness (QED) is 0.475. The van der Waals surface area contributed by atoms with Crippen LogP contribution in [0.4, 0.5) is 0 Å². The lowest BCUT2D eigenvalue weighted by Gasteiger charge is -2.12. The second-order valence-corrected chi connectivity index (χ2v) is 7.06. The molecule has 0 aliphatic carbocycles. The molecule has 0 spiro atoms. The van der Waals surface area contributed by atoms with Gasteiger partial charge in [-0.2, -0.15) is 0 Å². The van der Waals surface area contributed by atoms with Crippen LogP contribution in [-0.2, 0) is 6.54 Å². The molecule has 0 atom stereocenters. The summed E-state index contributed by atoms with van der Waals surface area (Å²) in [5.41, 5.74) is 2.57. The van der Waals surface area contributed by atoms with Crippen molar-refractivity contribution in [2.45, 2.75) is 6.54 Å². The monoisotopic (exact) mass is 416 g/mol. The maximum Gasteiger partial charge on any atom is 0.250 e. The highest BCUT2D eigenvalue weighted by atomic mass is 16.7. The van der Waals surface area contributed by atoms with E-state index in [0.29, 0.717) is 24.7 Å². The van der Waals surface area contributed by atoms with Gasteiger partial charge >= 0.3 is 0 Å². The van der Waals surface area contributed by atoms with Gasteiger partial charge in [-0.15, -0.1) is 0 Å². The first-order chi connectivity index (χ1) is 15.2. The topological polar surface area (TPSA) is 71.8 Å². The van der Waals surface area contributed by atoms with E-state index < -0.39 is 0 Å². The first-order valence-electron chi connectivity index (χ1n) is 9.87. The normalized spacial score (nSPS) is 12.2. The Bertz CT molecular complexity index is 1320. The Balaban J connectivity index is 1.34. The van der Waals surface area contributed by atoms with E-state index in [4.69, 9.17) is 18.9 Å². The molecular formula is C24H20N2O5. The smallest absolute Gasteiger partial charge is 0.250 e. The number of pyridine rings is 2. The van der Waals surface area contributed by atoms with Gasteiger partial charge in [0, 0.05) is 29.9 Å². The van der Waals surface area contributed by atoms with Gasteiger partial charge < -0.3 is 23.5 Å². The molecule has 7 heteroatoms. The first-order valence-corrected chi connectivity index (χ1v) is 9.87. The molecule has 0 saturated heterocycles. The molecule has 3 heterocycles. The number of rotatable bonds is 6. The zero-order valence-corrected chi connectivity index (χ0v) is 16.9. The highest BCUT2D eigenvalue weighted by molar-refractivity contribution is 5.85. The number of benzene rings is 2. The first kappa shape index (κ1) is 19.0. The van der Waals surface area contributed by atoms with Crippen molar-refractivity contribution < 1.29 is 18.9 Å². The molecule has 156 valence electrons. The van der Waals surface area contributed by atoms with Crippen molar-refractivity contribution in [2.24, 2.45) is 0 Å². The number of methoxy groups -OCH3 is 1. The Kier molecular flexibility index (Phi) is 4.92. The summed E-state index contributed by atoms with van der Waals surface area (Å²) >= 11 is 0. The van der Waals surface area contributed by atoms with E-state index in [2.05, 4.69) is 4.98 Å². The maximum atomic E-state index is 12.4. The van der Waals surface area contributed by atoms with E-state index in [1.165, 1.54) is 0 Å². The van der Waals surface area contributed by atoms with E-state index in [1.807, 2.05) is 48.7 Å². The number of nitrogens with zero attached hydrogens (tertiary/aromatic N) is 2. The van der Waals surface area contributed by atoms with Gasteiger partial charge in [-0.05, 0) is 47.5 Å². The number of hydrogen-bond donors (Lipinski definition) is 0. The molecule has 0 fully saturated rings. The van der Waals surface area contributed by atoms with Gasteiger partial charge in [-0.25, -0.2) is 0 Å². The van der Waals surface area contributed by atoms with Crippen LogP contribution in [0.1, 0.15) is 0 Å². The molecule has 31 heavy (non-hydrogen) atoms. The van der Waals surface area contributed by atoms with Crippen LogP contribution < -0.4 is 24.5 Å². The van der Waals surface area contributed by atoms with Crippen molar-refractivity contribution in [3.8, 4) is 34.1 Å². The summed E-state index contributed by atoms with van der Waals surface area (Å²) in [6.45, 7) is 0.985. The third-order valence-corrected chi connectivity index (χ3v) is 5.19. The summed E-state index contributed by atoms with van der Waals surface area (Å²) in [7, 11) is 1.62. The summed E-state index contributed by atoms with van der Waals surface area (Å²) < 4.78 is 23.7. The largest absolute Gasteiger partial charge is 0.497 e. The Morgan fingerprint density at radius 3 is 2.77 bits per heavy atom. The predicted molar refractivity (Wildman–Crippen MR) is 116 cm³/mol. The fourth-order valence-electron chi connectivity index (χ4n) is 3.56. The average molecular weight is 416 g/mol. The number of fused-ring (bicyclic) bond motifs is 2. The summed E-state index contributed by atoms with van der Waals surface area (Å²) in [5.74, 6) is 2.89. The fourth-order valence-corrected chi connectivity index (χ4v) is 3.56. The lowest BCUT2D eigenvalue weighted by atomic mass is 10.1. The minimum absolute atomic E-state index is 0.0857. The van der Waals surface area contributed by atoms with E-state index in [1.54, 1.807) is 30.0 Å². The number of aromatic nitrogens is 2. The SMILES string of the molecule is COc1ccc2c(OCCn3cc(-c4ccc5c(c4)OCO5)ccc3=O)ccnc2c1. The molecular weight excluding hydrogens is 396 g/mol. The van der Waals surface area contributed by atoms with Crippen LogP contribution in [-0.4, -0.2) is 30.1 Å². The Morgan fingerprint density at radius 1 is 1.00 bits per heavy atom. The van der Waals surface area contributed by atoms with Crippen molar-refractivity contribution in [1.29, 1.82) is 0 Å². The molecule has 1 aliphatic rings. The Morgan fingerprint density at radius 2 is 1.87 bits per heavy atom. The van der Waals surface area contributed by atoms with Crippen molar-refractivity contribution in [3.63, 3.8) is 0 Å². The summed E-state index contributed by atoms with van der Waals surface area (Å²) in [4.78, 5) is 16.7. The van der Waals surface area contributed by atoms with Gasteiger partial charge in [0.25, 0.3) is 5.56 Å². The van der Waals surface area contributed by atoms with Crippen LogP contribution in [0.3, 0.4) is 0 Å². The zero-order chi connectivity index (χ0) is 21.2. The summed E-state index contributed by atoms with van der Waals surface area (Å²) in [6.07, 6.45) is 3.53. The van der Waals surface area contributed by atoms with Gasteiger partial charge in [0.05, 0.1) is 19.2 Å². The van der Waals surface area contributed by atoms with Crippen LogP contribution in [0.25, 0.3) is 22.0 Å². The molecule has 2 aromatic heterocycles. The minimum atomic E-state index is -0.0857. The Labute approximate surface area is 178 Å². The van der Waals surface area contributed by atoms with Crippen molar-refractivity contribution >= 4 is 10.9 Å². The molecule has 4 aromatic rings. The Hall–Kier alpha value is -4.00. The standard InChI is InChI=1S/C24H20N2O5/c1-28-18-4-5-19-20(13-18)25-9-8-21(19)29-11-10-26-14-17(3-7-24(26)27)16-2-6-22-23(12-16)31-15-30-22/h2-9,12-14H,10-11,15H2,1H3. The molecule has 0 bridgehead atoms. The summed E-state index contributed by atoms with van der Waals surface area (Å²) in [6, 6.07) is 16.6. The zero-order valence-electron chi connectivity index (χ0n) is 16.9. The fraction of sp³-hybridized carbons (Fsp3) is 0.167. The van der Waals surface area contributed by atoms with E-state index in [-0.39, 0.29) is 12.4 Å². The van der Waals surface area contributed by atoms with Gasteiger partial charge in [-0.1, -0.05) is 6.07 Å². The highest BCUT2D eigenvalue weighted by Crippen LogP contribution is 2.35. The minimum Gasteiger partial charge on any atom is -0.497 e. The third-order valence-electron chi connectivity index (χ3n) is 5.19. The molecule has 1 aliphatic heterocycles. The molecule has 0 saturated carbocycles. The summed E-state index contributed by atoms with van der Waals surface area (Å²) in [5, 5.41) is 0.893. The lowest BCUT2D eigenvalue weighted by Crippen LogP contribution is -2.21. The van der Waals surface area contributed by atoms with Gasteiger partial charge in [0.15, 0.2) is 11.5 Å². The molecule has 5 rings (SSSR count). The van der Waals surface area contributed by atoms with Crippen LogP contribution >= 0.6 is 0 Å². The van der Waals surface area contributed by atoms with Gasteiger partial charge in [0.2, 0.25) is 6.79 Å². The van der Waals surface area contributed by atoms with Crippen LogP contribution in [0, 0.1) is 0 Å². The number of hydrogen-bond acceptors (Lipinski definition) is 6. The average Bonchev–Trinajstić information content (AvgIpc) is 3.28. The molecule has 2 aromatic carbocycles.